The lowest BCUT2D eigenvalue weighted by Crippen LogP contribution is -2.40. The van der Waals surface area contributed by atoms with Crippen molar-refractivity contribution in [3.05, 3.63) is 60.5 Å². The van der Waals surface area contributed by atoms with Crippen molar-refractivity contribution in [2.45, 2.75) is 50.5 Å². The number of hydrogen-bond donors (Lipinski definition) is 1. The second-order valence-corrected chi connectivity index (χ2v) is 13.0. The van der Waals surface area contributed by atoms with Gasteiger partial charge in [-0.3, -0.25) is 4.79 Å². The number of nitrogens with zero attached hydrogens (tertiary/aromatic N) is 3. The molecule has 1 aliphatic heterocycles. The molecule has 1 aromatic heterocycles. The summed E-state index contributed by atoms with van der Waals surface area (Å²) in [6, 6.07) is 15.9. The molecular formula is C30H35FN4O4S. The first-order chi connectivity index (χ1) is 19.3. The summed E-state index contributed by atoms with van der Waals surface area (Å²) in [7, 11) is -2.89. The molecular weight excluding hydrogens is 531 g/mol. The van der Waals surface area contributed by atoms with Crippen LogP contribution in [0.4, 0.5) is 10.1 Å². The van der Waals surface area contributed by atoms with Gasteiger partial charge in [-0.15, -0.1) is 0 Å². The zero-order chi connectivity index (χ0) is 28.2. The third-order valence-corrected chi connectivity index (χ3v) is 9.37. The molecule has 40 heavy (non-hydrogen) atoms. The predicted molar refractivity (Wildman–Crippen MR) is 153 cm³/mol. The summed E-state index contributed by atoms with van der Waals surface area (Å²) >= 11 is 0. The molecule has 0 atom stereocenters. The molecule has 2 saturated carbocycles. The Morgan fingerprint density at radius 3 is 2.25 bits per heavy atom. The number of sulfone groups is 1. The second kappa shape index (κ2) is 11.8. The van der Waals surface area contributed by atoms with Crippen LogP contribution in [-0.4, -0.2) is 49.4 Å². The highest BCUT2D eigenvalue weighted by Gasteiger charge is 2.45. The number of rotatable bonds is 5. The van der Waals surface area contributed by atoms with Gasteiger partial charge in [0.2, 0.25) is 11.8 Å². The number of carbonyl (C=O) groups excluding carboxylic acids is 1. The molecule has 3 aliphatic rings. The molecule has 2 aliphatic carbocycles. The number of nitrogens with one attached hydrogen (secondary N) is 1. The topological polar surface area (TPSA) is 116 Å². The number of amides is 1. The van der Waals surface area contributed by atoms with Crippen molar-refractivity contribution in [3.63, 3.8) is 0 Å². The summed E-state index contributed by atoms with van der Waals surface area (Å²) in [4.78, 5) is 18.1. The van der Waals surface area contributed by atoms with Crippen LogP contribution in [0.25, 0.3) is 22.8 Å². The number of aromatic nitrogens is 1. The number of hydrogen-bond acceptors (Lipinski definition) is 7. The van der Waals surface area contributed by atoms with E-state index in [0.717, 1.165) is 49.8 Å². The fraction of sp³-hybridized carbons (Fsp3) is 0.433. The van der Waals surface area contributed by atoms with Crippen LogP contribution >= 0.6 is 0 Å². The lowest BCUT2D eigenvalue weighted by atomic mass is 9.88. The maximum absolute atomic E-state index is 13.0. The second-order valence-electron chi connectivity index (χ2n) is 10.7. The van der Waals surface area contributed by atoms with E-state index >= 15 is 0 Å². The van der Waals surface area contributed by atoms with Crippen LogP contribution in [-0.2, 0) is 14.6 Å². The minimum atomic E-state index is -2.89. The van der Waals surface area contributed by atoms with Gasteiger partial charge < -0.3 is 14.6 Å². The maximum Gasteiger partial charge on any atom is 0.226 e. The molecule has 3 aromatic rings. The fourth-order valence-electron chi connectivity index (χ4n) is 5.03. The third kappa shape index (κ3) is 6.89. The third-order valence-electron chi connectivity index (χ3n) is 7.76. The summed E-state index contributed by atoms with van der Waals surface area (Å²) in [6.07, 6.45) is 8.91. The highest BCUT2D eigenvalue weighted by molar-refractivity contribution is 7.91. The standard InChI is InChI=1S/C19H17FN2O3S.C11H16N2O.H2/c20-16-5-1-15(2-6-16)19-21-13-18(25-19)14-3-7-17(8-4-14)22-9-11-26(23,24)12-10-22;12-8-11(6-7-11)13-10(14)9-4-2-1-3-5-9;/h1-8,13H,9-12H2;9H,1-7H2,(H,13,14);1H. The van der Waals surface area contributed by atoms with Gasteiger partial charge in [-0.05, 0) is 74.2 Å². The predicted octanol–water partition coefficient (Wildman–Crippen LogP) is 5.37. The van der Waals surface area contributed by atoms with E-state index in [1.165, 1.54) is 18.6 Å². The smallest absolute Gasteiger partial charge is 0.226 e. The molecule has 1 N–H and O–H groups in total. The molecule has 0 bridgehead atoms. The molecule has 212 valence electrons. The van der Waals surface area contributed by atoms with E-state index in [1.54, 1.807) is 18.3 Å². The Bertz CT molecular complexity index is 1460. The van der Waals surface area contributed by atoms with Crippen molar-refractivity contribution in [2.75, 3.05) is 29.5 Å². The fourth-order valence-corrected chi connectivity index (χ4v) is 6.23. The summed E-state index contributed by atoms with van der Waals surface area (Å²) < 4.78 is 41.9. The van der Waals surface area contributed by atoms with Gasteiger partial charge in [0.15, 0.2) is 15.6 Å². The Labute approximate surface area is 235 Å². The van der Waals surface area contributed by atoms with Crippen molar-refractivity contribution in [1.29, 1.82) is 5.26 Å². The molecule has 10 heteroatoms. The minimum absolute atomic E-state index is 0. The zero-order valence-corrected chi connectivity index (χ0v) is 23.1. The summed E-state index contributed by atoms with van der Waals surface area (Å²) in [5, 5.41) is 11.7. The summed E-state index contributed by atoms with van der Waals surface area (Å²) in [6.45, 7) is 1.03. The molecule has 0 radical (unpaired) electrons. The van der Waals surface area contributed by atoms with E-state index in [-0.39, 0.29) is 30.6 Å². The van der Waals surface area contributed by atoms with Gasteiger partial charge in [0.1, 0.15) is 11.4 Å². The Balaban J connectivity index is 0.000000219. The normalized spacial score (nSPS) is 19.6. The molecule has 8 nitrogen and oxygen atoms in total. The van der Waals surface area contributed by atoms with E-state index in [9.17, 15) is 17.6 Å². The van der Waals surface area contributed by atoms with Crippen LogP contribution in [0.2, 0.25) is 0 Å². The summed E-state index contributed by atoms with van der Waals surface area (Å²) in [5.41, 5.74) is 2.10. The van der Waals surface area contributed by atoms with Crippen molar-refractivity contribution >= 4 is 21.4 Å². The lowest BCUT2D eigenvalue weighted by Gasteiger charge is -2.28. The van der Waals surface area contributed by atoms with Crippen molar-refractivity contribution in [1.82, 2.24) is 10.3 Å². The average molecular weight is 567 g/mol. The average Bonchev–Trinajstić information content (AvgIpc) is 3.57. The molecule has 2 heterocycles. The quantitative estimate of drug-likeness (QED) is 0.441. The van der Waals surface area contributed by atoms with Crippen LogP contribution in [0.15, 0.2) is 59.1 Å². The largest absolute Gasteiger partial charge is 0.436 e. The van der Waals surface area contributed by atoms with Crippen LogP contribution in [0.1, 0.15) is 46.4 Å². The van der Waals surface area contributed by atoms with Crippen molar-refractivity contribution in [2.24, 2.45) is 5.92 Å². The van der Waals surface area contributed by atoms with Crippen LogP contribution < -0.4 is 10.2 Å². The van der Waals surface area contributed by atoms with Crippen molar-refractivity contribution < 1.29 is 23.4 Å². The SMILES string of the molecule is N#CC1(NC(=O)C2CCCCC2)CC1.O=S1(=O)CCN(c2ccc(-c3cnc(-c4ccc(F)cc4)o3)cc2)CC1.[HH]. The summed E-state index contributed by atoms with van der Waals surface area (Å²) in [5.74, 6) is 1.43. The molecule has 1 amide bonds. The molecule has 0 spiro atoms. The van der Waals surface area contributed by atoms with Gasteiger partial charge in [-0.1, -0.05) is 19.3 Å². The Kier molecular flexibility index (Phi) is 8.22. The van der Waals surface area contributed by atoms with Gasteiger partial charge >= 0.3 is 0 Å². The first-order valence-corrected chi connectivity index (χ1v) is 15.6. The Morgan fingerprint density at radius 2 is 1.65 bits per heavy atom. The van der Waals surface area contributed by atoms with E-state index in [1.807, 2.05) is 24.3 Å². The molecule has 2 aromatic carbocycles. The molecule has 6 rings (SSSR count). The first-order valence-electron chi connectivity index (χ1n) is 13.8. The first kappa shape index (κ1) is 27.8. The van der Waals surface area contributed by atoms with E-state index < -0.39 is 15.4 Å². The Hall–Kier alpha value is -3.71. The van der Waals surface area contributed by atoms with Crippen LogP contribution in [0.5, 0.6) is 0 Å². The monoisotopic (exact) mass is 566 g/mol. The van der Waals surface area contributed by atoms with E-state index in [0.29, 0.717) is 30.3 Å². The van der Waals surface area contributed by atoms with Crippen LogP contribution in [0.3, 0.4) is 0 Å². The molecule has 0 unspecified atom stereocenters. The van der Waals surface area contributed by atoms with Crippen molar-refractivity contribution in [3.8, 4) is 28.8 Å². The van der Waals surface area contributed by atoms with Gasteiger partial charge in [0.05, 0.1) is 23.8 Å². The van der Waals surface area contributed by atoms with E-state index in [2.05, 4.69) is 21.3 Å². The van der Waals surface area contributed by atoms with E-state index in [4.69, 9.17) is 9.68 Å². The highest BCUT2D eigenvalue weighted by atomic mass is 32.2. The van der Waals surface area contributed by atoms with Crippen LogP contribution in [0, 0.1) is 23.1 Å². The number of benzene rings is 2. The lowest BCUT2D eigenvalue weighted by molar-refractivity contribution is -0.126. The zero-order valence-electron chi connectivity index (χ0n) is 22.3. The molecule has 1 saturated heterocycles. The highest BCUT2D eigenvalue weighted by Crippen LogP contribution is 2.35. The number of nitriles is 1. The molecule has 3 fully saturated rings. The number of halogens is 1. The number of carbonyl (C=O) groups is 1. The van der Waals surface area contributed by atoms with Gasteiger partial charge in [-0.25, -0.2) is 17.8 Å². The maximum atomic E-state index is 13.0. The van der Waals surface area contributed by atoms with Gasteiger partial charge in [0.25, 0.3) is 0 Å². The number of anilines is 1. The Morgan fingerprint density at radius 1 is 1.02 bits per heavy atom. The van der Waals surface area contributed by atoms with Gasteiger partial charge in [0, 0.05) is 37.2 Å². The minimum Gasteiger partial charge on any atom is -0.436 e. The number of oxazole rings is 1. The van der Waals surface area contributed by atoms with Gasteiger partial charge in [-0.2, -0.15) is 5.26 Å².